The van der Waals surface area contributed by atoms with Crippen molar-refractivity contribution in [3.05, 3.63) is 54.1 Å². The van der Waals surface area contributed by atoms with E-state index in [1.807, 2.05) is 37.5 Å². The minimum atomic E-state index is 0.190. The molecule has 0 unspecified atom stereocenters. The zero-order chi connectivity index (χ0) is 13.5. The summed E-state index contributed by atoms with van der Waals surface area (Å²) in [4.78, 5) is 6.48. The summed E-state index contributed by atoms with van der Waals surface area (Å²) in [6.45, 7) is 5.58. The van der Waals surface area contributed by atoms with Crippen LogP contribution in [-0.4, -0.2) is 39.3 Å². The van der Waals surface area contributed by atoms with Crippen molar-refractivity contribution in [3.8, 4) is 0 Å². The minimum absolute atomic E-state index is 0.190. The maximum absolute atomic E-state index is 9.17. The number of imidazole rings is 1. The molecule has 0 aliphatic heterocycles. The van der Waals surface area contributed by atoms with Crippen LogP contribution in [-0.2, 0) is 13.1 Å². The molecule has 2 aromatic rings. The average Bonchev–Trinajstić information content (AvgIpc) is 2.83. The Hall–Kier alpha value is -1.65. The van der Waals surface area contributed by atoms with Gasteiger partial charge in [0.2, 0.25) is 0 Å². The van der Waals surface area contributed by atoms with Crippen molar-refractivity contribution in [2.45, 2.75) is 20.0 Å². The molecule has 0 aliphatic rings. The van der Waals surface area contributed by atoms with Gasteiger partial charge in [0.15, 0.2) is 0 Å². The molecule has 0 atom stereocenters. The highest BCUT2D eigenvalue weighted by Crippen LogP contribution is 2.05. The van der Waals surface area contributed by atoms with Crippen molar-refractivity contribution in [2.24, 2.45) is 0 Å². The number of nitrogens with zero attached hydrogens (tertiary/aromatic N) is 3. The van der Waals surface area contributed by atoms with Crippen LogP contribution in [0.5, 0.6) is 0 Å². The first-order valence-corrected chi connectivity index (χ1v) is 6.64. The van der Waals surface area contributed by atoms with Gasteiger partial charge in [-0.2, -0.15) is 0 Å². The fraction of sp³-hybridized carbons (Fsp3) is 0.400. The van der Waals surface area contributed by atoms with Crippen molar-refractivity contribution in [2.75, 3.05) is 19.7 Å². The Kier molecular flexibility index (Phi) is 5.12. The second-order valence-corrected chi connectivity index (χ2v) is 4.65. The molecule has 4 heteroatoms. The van der Waals surface area contributed by atoms with Crippen LogP contribution in [0.1, 0.15) is 11.4 Å². The monoisotopic (exact) mass is 259 g/mol. The molecular formula is C15H21N3O. The Balaban J connectivity index is 1.91. The number of hydrogen-bond acceptors (Lipinski definition) is 3. The van der Waals surface area contributed by atoms with Crippen LogP contribution in [0.15, 0.2) is 42.7 Å². The van der Waals surface area contributed by atoms with Gasteiger partial charge in [-0.3, -0.25) is 4.90 Å². The van der Waals surface area contributed by atoms with Gasteiger partial charge in [0, 0.05) is 38.6 Å². The highest BCUT2D eigenvalue weighted by molar-refractivity contribution is 5.14. The summed E-state index contributed by atoms with van der Waals surface area (Å²) < 4.78 is 2.13. The van der Waals surface area contributed by atoms with E-state index in [0.29, 0.717) is 6.54 Å². The molecule has 1 aromatic carbocycles. The molecule has 0 fully saturated rings. The van der Waals surface area contributed by atoms with Crippen LogP contribution in [0.4, 0.5) is 0 Å². The number of rotatable bonds is 7. The van der Waals surface area contributed by atoms with Crippen LogP contribution in [0.2, 0.25) is 0 Å². The van der Waals surface area contributed by atoms with Gasteiger partial charge in [-0.15, -0.1) is 0 Å². The first-order valence-electron chi connectivity index (χ1n) is 6.64. The molecule has 1 N–H and O–H groups in total. The molecule has 0 saturated carbocycles. The normalized spacial score (nSPS) is 11.1. The molecule has 0 bridgehead atoms. The van der Waals surface area contributed by atoms with Crippen molar-refractivity contribution < 1.29 is 5.11 Å². The fourth-order valence-corrected chi connectivity index (χ4v) is 2.14. The van der Waals surface area contributed by atoms with E-state index in [-0.39, 0.29) is 6.61 Å². The predicted molar refractivity (Wildman–Crippen MR) is 75.8 cm³/mol. The van der Waals surface area contributed by atoms with Crippen LogP contribution in [0.25, 0.3) is 0 Å². The van der Waals surface area contributed by atoms with Crippen LogP contribution >= 0.6 is 0 Å². The van der Waals surface area contributed by atoms with E-state index in [1.165, 1.54) is 5.56 Å². The summed E-state index contributed by atoms with van der Waals surface area (Å²) in [5, 5.41) is 9.17. The molecule has 0 aliphatic carbocycles. The van der Waals surface area contributed by atoms with E-state index in [4.69, 9.17) is 5.11 Å². The number of aliphatic hydroxyl groups is 1. The molecule has 19 heavy (non-hydrogen) atoms. The summed E-state index contributed by atoms with van der Waals surface area (Å²) in [6.07, 6.45) is 3.82. The van der Waals surface area contributed by atoms with E-state index in [2.05, 4.69) is 26.6 Å². The van der Waals surface area contributed by atoms with Gasteiger partial charge in [-0.05, 0) is 12.5 Å². The van der Waals surface area contributed by atoms with Crippen LogP contribution in [0.3, 0.4) is 0 Å². The van der Waals surface area contributed by atoms with E-state index in [1.54, 1.807) is 0 Å². The molecule has 4 nitrogen and oxygen atoms in total. The topological polar surface area (TPSA) is 41.3 Å². The zero-order valence-electron chi connectivity index (χ0n) is 11.4. The summed E-state index contributed by atoms with van der Waals surface area (Å²) >= 11 is 0. The van der Waals surface area contributed by atoms with E-state index < -0.39 is 0 Å². The van der Waals surface area contributed by atoms with Gasteiger partial charge in [-0.1, -0.05) is 30.3 Å². The van der Waals surface area contributed by atoms with Crippen LogP contribution in [0, 0.1) is 6.92 Å². The van der Waals surface area contributed by atoms with E-state index in [9.17, 15) is 0 Å². The van der Waals surface area contributed by atoms with E-state index in [0.717, 1.165) is 25.5 Å². The van der Waals surface area contributed by atoms with Gasteiger partial charge >= 0.3 is 0 Å². The molecule has 102 valence electrons. The Morgan fingerprint density at radius 1 is 1.21 bits per heavy atom. The molecule has 2 rings (SSSR count). The Morgan fingerprint density at radius 2 is 2.00 bits per heavy atom. The van der Waals surface area contributed by atoms with Gasteiger partial charge in [-0.25, -0.2) is 4.98 Å². The number of aromatic nitrogens is 2. The third-order valence-corrected chi connectivity index (χ3v) is 3.25. The molecule has 1 heterocycles. The number of benzene rings is 1. The van der Waals surface area contributed by atoms with Gasteiger partial charge in [0.05, 0.1) is 6.61 Å². The second kappa shape index (κ2) is 7.07. The van der Waals surface area contributed by atoms with E-state index >= 15 is 0 Å². The third kappa shape index (κ3) is 4.19. The predicted octanol–water partition coefficient (Wildman–Crippen LogP) is 1.69. The maximum atomic E-state index is 9.17. The standard InChI is InChI=1S/C15H21N3O/c1-14-16-7-8-18(14)10-9-17(11-12-19)13-15-5-3-2-4-6-15/h2-8,19H,9-13H2,1H3. The smallest absolute Gasteiger partial charge is 0.105 e. The molecule has 0 radical (unpaired) electrons. The lowest BCUT2D eigenvalue weighted by Gasteiger charge is -2.21. The maximum Gasteiger partial charge on any atom is 0.105 e. The summed E-state index contributed by atoms with van der Waals surface area (Å²) in [5.41, 5.74) is 1.28. The quantitative estimate of drug-likeness (QED) is 0.822. The molecule has 1 aromatic heterocycles. The number of aryl methyl sites for hydroxylation is 1. The first kappa shape index (κ1) is 13.8. The lowest BCUT2D eigenvalue weighted by molar-refractivity contribution is 0.185. The van der Waals surface area contributed by atoms with Gasteiger partial charge < -0.3 is 9.67 Å². The SMILES string of the molecule is Cc1nccn1CCN(CCO)Cc1ccccc1. The Morgan fingerprint density at radius 3 is 2.63 bits per heavy atom. The molecular weight excluding hydrogens is 238 g/mol. The average molecular weight is 259 g/mol. The van der Waals surface area contributed by atoms with Gasteiger partial charge in [0.25, 0.3) is 0 Å². The van der Waals surface area contributed by atoms with Crippen molar-refractivity contribution in [3.63, 3.8) is 0 Å². The number of hydrogen-bond donors (Lipinski definition) is 1. The van der Waals surface area contributed by atoms with Gasteiger partial charge in [0.1, 0.15) is 5.82 Å². The second-order valence-electron chi connectivity index (χ2n) is 4.65. The lowest BCUT2D eigenvalue weighted by atomic mass is 10.2. The Bertz CT molecular complexity index is 481. The van der Waals surface area contributed by atoms with Crippen molar-refractivity contribution in [1.82, 2.24) is 14.5 Å². The summed E-state index contributed by atoms with van der Waals surface area (Å²) in [6, 6.07) is 10.4. The Labute approximate surface area is 114 Å². The van der Waals surface area contributed by atoms with Crippen molar-refractivity contribution >= 4 is 0 Å². The highest BCUT2D eigenvalue weighted by Gasteiger charge is 2.06. The number of aliphatic hydroxyl groups excluding tert-OH is 1. The molecule has 0 spiro atoms. The summed E-state index contributed by atoms with van der Waals surface area (Å²) in [5.74, 6) is 1.03. The molecule has 0 amide bonds. The highest BCUT2D eigenvalue weighted by atomic mass is 16.3. The largest absolute Gasteiger partial charge is 0.395 e. The zero-order valence-corrected chi connectivity index (χ0v) is 11.4. The molecule has 0 saturated heterocycles. The first-order chi connectivity index (χ1) is 9.29. The third-order valence-electron chi connectivity index (χ3n) is 3.25. The van der Waals surface area contributed by atoms with Crippen LogP contribution < -0.4 is 0 Å². The fourth-order valence-electron chi connectivity index (χ4n) is 2.14. The lowest BCUT2D eigenvalue weighted by Crippen LogP contribution is -2.30. The van der Waals surface area contributed by atoms with Crippen molar-refractivity contribution in [1.29, 1.82) is 0 Å². The minimum Gasteiger partial charge on any atom is -0.395 e. The summed E-state index contributed by atoms with van der Waals surface area (Å²) in [7, 11) is 0.